The van der Waals surface area contributed by atoms with E-state index in [1.807, 2.05) is 23.1 Å². The summed E-state index contributed by atoms with van der Waals surface area (Å²) in [6.07, 6.45) is 1.97. The molecule has 28 heavy (non-hydrogen) atoms. The second kappa shape index (κ2) is 8.33. The maximum atomic E-state index is 12.7. The van der Waals surface area contributed by atoms with E-state index in [1.165, 1.54) is 28.7 Å². The Morgan fingerprint density at radius 3 is 2.93 bits per heavy atom. The second-order valence-corrected chi connectivity index (χ2v) is 9.04. The lowest BCUT2D eigenvalue weighted by Crippen LogP contribution is -2.36. The van der Waals surface area contributed by atoms with Crippen LogP contribution >= 0.6 is 34.6 Å². The number of anilines is 2. The van der Waals surface area contributed by atoms with Gasteiger partial charge in [0.25, 0.3) is 5.91 Å². The molecule has 3 heterocycles. The van der Waals surface area contributed by atoms with Gasteiger partial charge in [0, 0.05) is 12.2 Å². The van der Waals surface area contributed by atoms with Crippen molar-refractivity contribution in [3.63, 3.8) is 0 Å². The zero-order chi connectivity index (χ0) is 19.5. The van der Waals surface area contributed by atoms with Gasteiger partial charge in [-0.15, -0.1) is 15.3 Å². The number of nitrogens with zero attached hydrogens (tertiary/aromatic N) is 5. The van der Waals surface area contributed by atoms with Gasteiger partial charge in [-0.3, -0.25) is 14.9 Å². The van der Waals surface area contributed by atoms with Gasteiger partial charge in [-0.1, -0.05) is 45.8 Å². The van der Waals surface area contributed by atoms with Crippen LogP contribution in [0.25, 0.3) is 0 Å². The van der Waals surface area contributed by atoms with E-state index in [9.17, 15) is 9.59 Å². The molecule has 0 radical (unpaired) electrons. The Morgan fingerprint density at radius 2 is 2.11 bits per heavy atom. The molecule has 2 aromatic heterocycles. The van der Waals surface area contributed by atoms with E-state index in [1.54, 1.807) is 6.92 Å². The molecule has 1 aliphatic rings. The van der Waals surface area contributed by atoms with Crippen LogP contribution < -0.4 is 10.2 Å². The quantitative estimate of drug-likeness (QED) is 0.488. The lowest BCUT2D eigenvalue weighted by atomic mass is 10.0. The largest absolute Gasteiger partial charge is 0.311 e. The molecule has 8 nitrogen and oxygen atoms in total. The highest BCUT2D eigenvalue weighted by Crippen LogP contribution is 2.30. The van der Waals surface area contributed by atoms with Crippen LogP contribution in [-0.4, -0.2) is 43.9 Å². The van der Waals surface area contributed by atoms with Crippen LogP contribution in [0.5, 0.6) is 0 Å². The fourth-order valence-electron chi connectivity index (χ4n) is 2.91. The van der Waals surface area contributed by atoms with Crippen LogP contribution in [0.15, 0.2) is 28.6 Å². The highest BCUT2D eigenvalue weighted by molar-refractivity contribution is 8.01. The third-order valence-corrected chi connectivity index (χ3v) is 7.00. The van der Waals surface area contributed by atoms with Crippen molar-refractivity contribution in [3.8, 4) is 0 Å². The maximum absolute atomic E-state index is 12.7. The first kappa shape index (κ1) is 19.0. The molecular weight excluding hydrogens is 416 g/mol. The summed E-state index contributed by atoms with van der Waals surface area (Å²) in [6.45, 7) is 2.46. The van der Waals surface area contributed by atoms with Gasteiger partial charge in [-0.05, 0) is 42.9 Å². The SMILES string of the molecule is Cc1nnsc1C(=O)Nc1nnc(SCC(=O)N2CCCc3ccccc32)s1. The van der Waals surface area contributed by atoms with Crippen LogP contribution in [0.4, 0.5) is 10.8 Å². The fourth-order valence-corrected chi connectivity index (χ4v) is 5.08. The first-order valence-electron chi connectivity index (χ1n) is 8.56. The number of para-hydroxylation sites is 1. The molecule has 4 rings (SSSR count). The van der Waals surface area contributed by atoms with E-state index in [4.69, 9.17) is 0 Å². The molecule has 144 valence electrons. The molecule has 0 fully saturated rings. The van der Waals surface area contributed by atoms with Crippen molar-refractivity contribution >= 4 is 57.3 Å². The molecule has 0 atom stereocenters. The van der Waals surface area contributed by atoms with Gasteiger partial charge in [0.05, 0.1) is 11.4 Å². The number of nitrogens with one attached hydrogen (secondary N) is 1. The predicted molar refractivity (Wildman–Crippen MR) is 110 cm³/mol. The van der Waals surface area contributed by atoms with Gasteiger partial charge in [0.2, 0.25) is 11.0 Å². The van der Waals surface area contributed by atoms with Crippen LogP contribution in [0.2, 0.25) is 0 Å². The number of aromatic nitrogens is 4. The Morgan fingerprint density at radius 1 is 1.25 bits per heavy atom. The van der Waals surface area contributed by atoms with Crippen LogP contribution in [0.3, 0.4) is 0 Å². The molecule has 11 heteroatoms. The number of thioether (sulfide) groups is 1. The second-order valence-electron chi connectivity index (χ2n) is 6.08. The number of hydrogen-bond donors (Lipinski definition) is 1. The lowest BCUT2D eigenvalue weighted by Gasteiger charge is -2.29. The Kier molecular flexibility index (Phi) is 5.64. The molecule has 0 saturated carbocycles. The van der Waals surface area contributed by atoms with E-state index in [0.29, 0.717) is 20.0 Å². The molecule has 1 aromatic carbocycles. The van der Waals surface area contributed by atoms with Gasteiger partial charge >= 0.3 is 0 Å². The van der Waals surface area contributed by atoms with Gasteiger partial charge in [0.15, 0.2) is 4.34 Å². The number of rotatable bonds is 5. The normalized spacial score (nSPS) is 13.2. The van der Waals surface area contributed by atoms with E-state index in [2.05, 4.69) is 31.2 Å². The van der Waals surface area contributed by atoms with Crippen molar-refractivity contribution in [2.45, 2.75) is 24.1 Å². The van der Waals surface area contributed by atoms with E-state index in [0.717, 1.165) is 36.6 Å². The Hall–Kier alpha value is -2.37. The molecule has 0 bridgehead atoms. The van der Waals surface area contributed by atoms with Crippen LogP contribution in [0.1, 0.15) is 27.3 Å². The monoisotopic (exact) mass is 432 g/mol. The van der Waals surface area contributed by atoms with Crippen molar-refractivity contribution in [1.82, 2.24) is 19.8 Å². The average molecular weight is 433 g/mol. The molecule has 0 unspecified atom stereocenters. The standard InChI is InChI=1S/C17H16N6O2S3/c1-10-14(28-22-19-10)15(25)18-16-20-21-17(27-16)26-9-13(24)23-8-4-6-11-5-2-3-7-12(11)23/h2-3,5,7H,4,6,8-9H2,1H3,(H,18,20,25). The number of hydrogen-bond acceptors (Lipinski definition) is 9. The first-order valence-corrected chi connectivity index (χ1v) is 11.1. The number of amides is 2. The van der Waals surface area contributed by atoms with Crippen molar-refractivity contribution in [2.75, 3.05) is 22.5 Å². The summed E-state index contributed by atoms with van der Waals surface area (Å²) >= 11 is 3.60. The minimum atomic E-state index is -0.304. The summed E-state index contributed by atoms with van der Waals surface area (Å²) in [6, 6.07) is 8.02. The minimum absolute atomic E-state index is 0.0456. The summed E-state index contributed by atoms with van der Waals surface area (Å²) in [7, 11) is 0. The Labute approximate surface area is 173 Å². The van der Waals surface area contributed by atoms with Crippen molar-refractivity contribution in [2.24, 2.45) is 0 Å². The molecule has 1 aliphatic heterocycles. The average Bonchev–Trinajstić information content (AvgIpc) is 3.34. The molecule has 0 aliphatic carbocycles. The predicted octanol–water partition coefficient (Wildman–Crippen LogP) is 3.02. The summed E-state index contributed by atoms with van der Waals surface area (Å²) in [4.78, 5) is 27.2. The van der Waals surface area contributed by atoms with E-state index >= 15 is 0 Å². The summed E-state index contributed by atoms with van der Waals surface area (Å²) in [5.74, 6) is 0.0138. The van der Waals surface area contributed by atoms with Gasteiger partial charge in [-0.2, -0.15) is 0 Å². The molecule has 3 aromatic rings. The summed E-state index contributed by atoms with van der Waals surface area (Å²) < 4.78 is 4.38. The molecule has 0 saturated heterocycles. The number of fused-ring (bicyclic) bond motifs is 1. The third-order valence-electron chi connectivity index (χ3n) is 4.22. The maximum Gasteiger partial charge on any atom is 0.271 e. The number of benzene rings is 1. The number of aryl methyl sites for hydroxylation is 2. The van der Waals surface area contributed by atoms with Crippen molar-refractivity contribution in [3.05, 3.63) is 40.4 Å². The fraction of sp³-hybridized carbons (Fsp3) is 0.294. The van der Waals surface area contributed by atoms with Gasteiger partial charge < -0.3 is 4.90 Å². The van der Waals surface area contributed by atoms with Crippen molar-refractivity contribution in [1.29, 1.82) is 0 Å². The van der Waals surface area contributed by atoms with E-state index in [-0.39, 0.29) is 17.6 Å². The van der Waals surface area contributed by atoms with E-state index < -0.39 is 0 Å². The summed E-state index contributed by atoms with van der Waals surface area (Å²) in [5.41, 5.74) is 2.79. The lowest BCUT2D eigenvalue weighted by molar-refractivity contribution is -0.116. The smallest absolute Gasteiger partial charge is 0.271 e. The van der Waals surface area contributed by atoms with Gasteiger partial charge in [-0.25, -0.2) is 0 Å². The molecule has 1 N–H and O–H groups in total. The van der Waals surface area contributed by atoms with Crippen molar-refractivity contribution < 1.29 is 9.59 Å². The number of carbonyl (C=O) groups excluding carboxylic acids is 2. The zero-order valence-electron chi connectivity index (χ0n) is 14.9. The zero-order valence-corrected chi connectivity index (χ0v) is 17.4. The molecule has 2 amide bonds. The topological polar surface area (TPSA) is 101 Å². The van der Waals surface area contributed by atoms with Gasteiger partial charge in [0.1, 0.15) is 4.88 Å². The highest BCUT2D eigenvalue weighted by atomic mass is 32.2. The summed E-state index contributed by atoms with van der Waals surface area (Å²) in [5, 5.41) is 14.9. The molecular formula is C17H16N6O2S3. The molecule has 0 spiro atoms. The van der Waals surface area contributed by atoms with Crippen LogP contribution in [-0.2, 0) is 11.2 Å². The number of carbonyl (C=O) groups is 2. The Bertz CT molecular complexity index is 1020. The third kappa shape index (κ3) is 4.05. The minimum Gasteiger partial charge on any atom is -0.311 e. The highest BCUT2D eigenvalue weighted by Gasteiger charge is 2.22. The first-order chi connectivity index (χ1) is 13.6. The Balaban J connectivity index is 1.36. The van der Waals surface area contributed by atoms with Crippen LogP contribution in [0, 0.1) is 6.92 Å².